The summed E-state index contributed by atoms with van der Waals surface area (Å²) in [7, 11) is -4.27. The van der Waals surface area contributed by atoms with E-state index in [-0.39, 0.29) is 65.0 Å². The molecule has 1 fully saturated rings. The second-order valence-electron chi connectivity index (χ2n) is 12.3. The average molecular weight is 695 g/mol. The number of carbonyl (C=O) groups excluding carboxylic acids is 1. The number of pyridine rings is 2. The molecule has 4 heterocycles. The van der Waals surface area contributed by atoms with Crippen LogP contribution in [0, 0.1) is 19.7 Å². The lowest BCUT2D eigenvalue weighted by Crippen LogP contribution is -2.49. The van der Waals surface area contributed by atoms with E-state index >= 15 is 4.39 Å². The van der Waals surface area contributed by atoms with Crippen molar-refractivity contribution in [3.05, 3.63) is 87.1 Å². The van der Waals surface area contributed by atoms with Gasteiger partial charge in [-0.15, -0.1) is 0 Å². The van der Waals surface area contributed by atoms with Crippen LogP contribution in [0.25, 0.3) is 38.6 Å². The number of nitrogens with one attached hydrogen (secondary N) is 1. The second kappa shape index (κ2) is 12.1. The number of piperazine rings is 1. The van der Waals surface area contributed by atoms with Gasteiger partial charge in [0.2, 0.25) is 0 Å². The minimum atomic E-state index is -4.27. The van der Waals surface area contributed by atoms with E-state index in [1.807, 2.05) is 26.8 Å². The van der Waals surface area contributed by atoms with Crippen LogP contribution in [-0.4, -0.2) is 71.4 Å². The summed E-state index contributed by atoms with van der Waals surface area (Å²) in [6, 6.07) is 6.77. The number of hydrogen-bond donors (Lipinski definition) is 1. The molecule has 1 aliphatic rings. The van der Waals surface area contributed by atoms with E-state index in [2.05, 4.69) is 21.8 Å². The average Bonchev–Trinajstić information content (AvgIpc) is 3.50. The number of anilines is 1. The van der Waals surface area contributed by atoms with E-state index in [9.17, 15) is 22.4 Å². The highest BCUT2D eigenvalue weighted by Crippen LogP contribution is 2.44. The Bertz CT molecular complexity index is 2340. The minimum absolute atomic E-state index is 0.00471. The smallest absolute Gasteiger partial charge is 0.282 e. The van der Waals surface area contributed by atoms with Crippen LogP contribution in [0.1, 0.15) is 36.6 Å². The number of carbonyl (C=O) groups is 1. The third-order valence-corrected chi connectivity index (χ3v) is 10.2. The summed E-state index contributed by atoms with van der Waals surface area (Å²) < 4.78 is 59.7. The quantitative estimate of drug-likeness (QED) is 0.217. The Labute approximate surface area is 280 Å². The van der Waals surface area contributed by atoms with Crippen molar-refractivity contribution in [1.29, 1.82) is 0 Å². The number of sulfone groups is 1. The van der Waals surface area contributed by atoms with Gasteiger partial charge in [0, 0.05) is 60.5 Å². The summed E-state index contributed by atoms with van der Waals surface area (Å²) in [4.78, 5) is 33.9. The predicted octanol–water partition coefficient (Wildman–Crippen LogP) is 6.00. The number of amides is 1. The Balaban J connectivity index is 1.79. The largest absolute Gasteiger partial charge is 0.366 e. The molecule has 6 rings (SSSR count). The molecule has 2 aromatic carbocycles. The van der Waals surface area contributed by atoms with E-state index in [1.54, 1.807) is 36.4 Å². The number of aromatic nitrogens is 4. The number of rotatable bonds is 6. The molecule has 1 N–H and O–H groups in total. The minimum Gasteiger partial charge on any atom is -0.366 e. The zero-order chi connectivity index (χ0) is 34.8. The molecule has 1 saturated heterocycles. The lowest BCUT2D eigenvalue weighted by atomic mass is 9.94. The Morgan fingerprint density at radius 3 is 2.35 bits per heavy atom. The van der Waals surface area contributed by atoms with Crippen LogP contribution >= 0.6 is 11.6 Å². The van der Waals surface area contributed by atoms with E-state index in [0.717, 1.165) is 10.8 Å². The maximum absolute atomic E-state index is 17.7. The zero-order valence-electron chi connectivity index (χ0n) is 27.0. The highest BCUT2D eigenvalue weighted by atomic mass is 35.5. The molecule has 0 spiro atoms. The molecule has 0 atom stereocenters. The molecule has 5 aromatic rings. The first-order chi connectivity index (χ1) is 22.6. The number of nitrogens with zero attached hydrogens (tertiary/aromatic N) is 5. The van der Waals surface area contributed by atoms with Crippen molar-refractivity contribution >= 4 is 54.8 Å². The van der Waals surface area contributed by atoms with Crippen molar-refractivity contribution < 1.29 is 22.0 Å². The molecule has 1 amide bonds. The van der Waals surface area contributed by atoms with Gasteiger partial charge in [-0.05, 0) is 49.1 Å². The highest BCUT2D eigenvalue weighted by molar-refractivity contribution is 7.90. The molecule has 3 aromatic heterocycles. The molecule has 10 nitrogen and oxygen atoms in total. The van der Waals surface area contributed by atoms with Gasteiger partial charge in [0.25, 0.3) is 11.5 Å². The first-order valence-corrected chi connectivity index (χ1v) is 17.5. The molecule has 0 aliphatic carbocycles. The van der Waals surface area contributed by atoms with Crippen LogP contribution in [0.2, 0.25) is 5.02 Å². The molecule has 0 radical (unpaired) electrons. The van der Waals surface area contributed by atoms with Crippen LogP contribution in [0.5, 0.6) is 0 Å². The van der Waals surface area contributed by atoms with Gasteiger partial charge in [-0.2, -0.15) is 5.10 Å². The molecule has 48 heavy (non-hydrogen) atoms. The molecule has 250 valence electrons. The summed E-state index contributed by atoms with van der Waals surface area (Å²) in [5.74, 6) is -3.07. The topological polar surface area (TPSA) is 121 Å². The van der Waals surface area contributed by atoms with Crippen LogP contribution < -0.4 is 10.5 Å². The lowest BCUT2D eigenvalue weighted by molar-refractivity contribution is -0.128. The van der Waals surface area contributed by atoms with Crippen molar-refractivity contribution in [1.82, 2.24) is 24.6 Å². The summed E-state index contributed by atoms with van der Waals surface area (Å²) >= 11 is 6.97. The fraction of sp³-hybridized carbons (Fsp3) is 0.294. The van der Waals surface area contributed by atoms with Gasteiger partial charge in [0.05, 0.1) is 39.3 Å². The molecular formula is C34H33ClF2N6O4S. The Morgan fingerprint density at radius 1 is 1.04 bits per heavy atom. The standard InChI is InChI=1S/C34H33ClF2N6O4S/c1-17(2)28-29(19(4)9-10-38-28)43-30-21(15-23(35)26(27(30)37)25-18(3)7-8-24-22(25)16-39-40-24)31(32(34(43)45)48(6,46)47)41-11-13-42(14-12-41)33(44)20(5)36/h7-10,15-17H,5,11-14H2,1-4,6H3,(H,39,40). The molecule has 0 saturated carbocycles. The van der Waals surface area contributed by atoms with Gasteiger partial charge in [-0.25, -0.2) is 17.2 Å². The number of aromatic amines is 1. The normalized spacial score (nSPS) is 14.0. The van der Waals surface area contributed by atoms with Crippen LogP contribution in [-0.2, 0) is 14.6 Å². The third kappa shape index (κ3) is 5.34. The van der Waals surface area contributed by atoms with E-state index in [1.165, 1.54) is 11.0 Å². The maximum atomic E-state index is 17.7. The van der Waals surface area contributed by atoms with E-state index in [0.29, 0.717) is 33.3 Å². The van der Waals surface area contributed by atoms with E-state index < -0.39 is 37.8 Å². The number of fused-ring (bicyclic) bond motifs is 2. The molecular weight excluding hydrogens is 662 g/mol. The molecule has 1 aliphatic heterocycles. The van der Waals surface area contributed by atoms with Crippen molar-refractivity contribution in [3.63, 3.8) is 0 Å². The molecule has 14 heteroatoms. The van der Waals surface area contributed by atoms with Crippen molar-refractivity contribution in [3.8, 4) is 16.8 Å². The van der Waals surface area contributed by atoms with Gasteiger partial charge in [0.15, 0.2) is 26.4 Å². The SMILES string of the molecule is C=C(F)C(=O)N1CCN(c2c(S(C)(=O)=O)c(=O)n(-c3c(C)ccnc3C(C)C)c3c(F)c(-c4c(C)ccc5[nH]ncc45)c(Cl)cc23)CC1. The zero-order valence-corrected chi connectivity index (χ0v) is 28.6. The first kappa shape index (κ1) is 33.3. The number of aryl methyl sites for hydroxylation is 2. The van der Waals surface area contributed by atoms with Gasteiger partial charge in [-0.1, -0.05) is 38.1 Å². The number of H-pyrrole nitrogens is 1. The van der Waals surface area contributed by atoms with Crippen LogP contribution in [0.4, 0.5) is 14.5 Å². The van der Waals surface area contributed by atoms with Gasteiger partial charge in [-0.3, -0.25) is 24.2 Å². The molecule has 0 bridgehead atoms. The predicted molar refractivity (Wildman–Crippen MR) is 183 cm³/mol. The second-order valence-corrected chi connectivity index (χ2v) is 14.7. The van der Waals surface area contributed by atoms with Crippen LogP contribution in [0.15, 0.2) is 58.8 Å². The van der Waals surface area contributed by atoms with Crippen LogP contribution in [0.3, 0.4) is 0 Å². The monoisotopic (exact) mass is 694 g/mol. The Hall–Kier alpha value is -4.62. The van der Waals surface area contributed by atoms with Crippen molar-refractivity contribution in [2.45, 2.75) is 38.5 Å². The summed E-state index contributed by atoms with van der Waals surface area (Å²) in [5.41, 5.74) is 1.94. The number of halogens is 3. The highest BCUT2D eigenvalue weighted by Gasteiger charge is 2.35. The first-order valence-electron chi connectivity index (χ1n) is 15.2. The Morgan fingerprint density at radius 2 is 1.73 bits per heavy atom. The van der Waals surface area contributed by atoms with E-state index in [4.69, 9.17) is 11.6 Å². The fourth-order valence-corrected chi connectivity index (χ4v) is 7.86. The summed E-state index contributed by atoms with van der Waals surface area (Å²) in [6.07, 6.45) is 4.07. The summed E-state index contributed by atoms with van der Waals surface area (Å²) in [6.45, 7) is 10.4. The Kier molecular flexibility index (Phi) is 8.40. The van der Waals surface area contributed by atoms with Crippen molar-refractivity contribution in [2.75, 3.05) is 37.3 Å². The van der Waals surface area contributed by atoms with Gasteiger partial charge >= 0.3 is 0 Å². The lowest BCUT2D eigenvalue weighted by Gasteiger charge is -2.37. The third-order valence-electron chi connectivity index (χ3n) is 8.78. The number of hydrogen-bond acceptors (Lipinski definition) is 7. The number of benzene rings is 2. The van der Waals surface area contributed by atoms with Gasteiger partial charge < -0.3 is 9.80 Å². The van der Waals surface area contributed by atoms with Crippen molar-refractivity contribution in [2.24, 2.45) is 0 Å². The molecule has 0 unspecified atom stereocenters. The summed E-state index contributed by atoms with van der Waals surface area (Å²) in [5, 5.41) is 7.69. The maximum Gasteiger partial charge on any atom is 0.282 e. The fourth-order valence-electron chi connectivity index (χ4n) is 6.57. The van der Waals surface area contributed by atoms with Gasteiger partial charge in [0.1, 0.15) is 0 Å².